The predicted octanol–water partition coefficient (Wildman–Crippen LogP) is 3.68. The number of para-hydroxylation sites is 1. The molecule has 0 fully saturated rings. The average Bonchev–Trinajstić information content (AvgIpc) is 3.11. The van der Waals surface area contributed by atoms with Gasteiger partial charge in [-0.2, -0.15) is 9.61 Å². The Kier molecular flexibility index (Phi) is 4.00. The molecule has 0 amide bonds. The number of hydrogen-bond acceptors (Lipinski definition) is 6. The number of nitro benzene ring substituents is 1. The molecule has 0 saturated heterocycles. The molecule has 8 heteroatoms. The molecule has 0 N–H and O–H groups in total. The molecule has 134 valence electrons. The normalized spacial score (nSPS) is 10.9. The Hall–Kier alpha value is -3.81. The van der Waals surface area contributed by atoms with Crippen molar-refractivity contribution >= 4 is 11.3 Å². The lowest BCUT2D eigenvalue weighted by Gasteiger charge is -2.07. The van der Waals surface area contributed by atoms with Crippen LogP contribution in [0.3, 0.4) is 0 Å². The summed E-state index contributed by atoms with van der Waals surface area (Å²) in [4.78, 5) is 10.8. The van der Waals surface area contributed by atoms with Crippen LogP contribution in [0.25, 0.3) is 28.3 Å². The highest BCUT2D eigenvalue weighted by molar-refractivity contribution is 5.68. The minimum absolute atomic E-state index is 0.0584. The van der Waals surface area contributed by atoms with Crippen LogP contribution < -0.4 is 4.74 Å². The van der Waals surface area contributed by atoms with Crippen molar-refractivity contribution in [1.29, 1.82) is 0 Å². The van der Waals surface area contributed by atoms with Crippen LogP contribution in [0.5, 0.6) is 5.75 Å². The number of fused-ring (bicyclic) bond motifs is 1. The molecule has 0 spiro atoms. The summed E-state index contributed by atoms with van der Waals surface area (Å²) in [5.41, 5.74) is 3.22. The Bertz CT molecular complexity index is 1170. The van der Waals surface area contributed by atoms with Crippen LogP contribution in [0.1, 0.15) is 5.56 Å². The van der Waals surface area contributed by atoms with Crippen molar-refractivity contribution in [2.75, 3.05) is 7.11 Å². The molecule has 4 aromatic rings. The minimum atomic E-state index is -0.392. The second-order valence-electron chi connectivity index (χ2n) is 5.97. The Morgan fingerprint density at radius 2 is 1.89 bits per heavy atom. The van der Waals surface area contributed by atoms with Gasteiger partial charge in [0.1, 0.15) is 5.75 Å². The van der Waals surface area contributed by atoms with Crippen LogP contribution in [0.2, 0.25) is 0 Å². The van der Waals surface area contributed by atoms with Gasteiger partial charge >= 0.3 is 0 Å². The van der Waals surface area contributed by atoms with E-state index in [1.807, 2.05) is 30.3 Å². The summed E-state index contributed by atoms with van der Waals surface area (Å²) in [7, 11) is 1.59. The second-order valence-corrected chi connectivity index (χ2v) is 5.97. The first-order valence-corrected chi connectivity index (χ1v) is 8.20. The summed E-state index contributed by atoms with van der Waals surface area (Å²) in [6.45, 7) is 1.71. The molecule has 0 radical (unpaired) electrons. The summed E-state index contributed by atoms with van der Waals surface area (Å²) in [5, 5.41) is 24.2. The maximum Gasteiger partial charge on any atom is 0.272 e. The Labute approximate surface area is 154 Å². The number of methoxy groups -OCH3 is 1. The van der Waals surface area contributed by atoms with Gasteiger partial charge in [0.25, 0.3) is 5.69 Å². The maximum atomic E-state index is 11.2. The first kappa shape index (κ1) is 16.6. The second kappa shape index (κ2) is 6.49. The third-order valence-corrected chi connectivity index (χ3v) is 4.31. The zero-order valence-corrected chi connectivity index (χ0v) is 14.7. The number of rotatable bonds is 4. The molecule has 0 atom stereocenters. The van der Waals surface area contributed by atoms with E-state index < -0.39 is 4.92 Å². The lowest BCUT2D eigenvalue weighted by atomic mass is 10.1. The Morgan fingerprint density at radius 1 is 1.07 bits per heavy atom. The van der Waals surface area contributed by atoms with Gasteiger partial charge in [-0.25, -0.2) is 0 Å². The summed E-state index contributed by atoms with van der Waals surface area (Å²) in [6.07, 6.45) is 0. The highest BCUT2D eigenvalue weighted by Crippen LogP contribution is 2.30. The maximum absolute atomic E-state index is 11.2. The van der Waals surface area contributed by atoms with Crippen molar-refractivity contribution in [1.82, 2.24) is 19.8 Å². The van der Waals surface area contributed by atoms with E-state index in [-0.39, 0.29) is 5.69 Å². The van der Waals surface area contributed by atoms with Crippen LogP contribution >= 0.6 is 0 Å². The molecule has 0 aliphatic rings. The van der Waals surface area contributed by atoms with Crippen LogP contribution in [0, 0.1) is 17.0 Å². The van der Waals surface area contributed by atoms with Gasteiger partial charge in [0.05, 0.1) is 23.3 Å². The Balaban J connectivity index is 1.88. The van der Waals surface area contributed by atoms with E-state index in [2.05, 4.69) is 15.3 Å². The molecule has 4 rings (SSSR count). The molecule has 0 unspecified atom stereocenters. The van der Waals surface area contributed by atoms with E-state index in [0.29, 0.717) is 34.0 Å². The fourth-order valence-electron chi connectivity index (χ4n) is 2.91. The number of aryl methyl sites for hydroxylation is 1. The number of nitro groups is 1. The molecule has 27 heavy (non-hydrogen) atoms. The van der Waals surface area contributed by atoms with E-state index in [1.165, 1.54) is 6.07 Å². The summed E-state index contributed by atoms with van der Waals surface area (Å²) in [5.74, 6) is 1.19. The molecule has 0 aliphatic heterocycles. The van der Waals surface area contributed by atoms with Crippen molar-refractivity contribution in [3.05, 3.63) is 70.3 Å². The molecular weight excluding hydrogens is 346 g/mol. The molecule has 0 bridgehead atoms. The topological polar surface area (TPSA) is 95.5 Å². The lowest BCUT2D eigenvalue weighted by molar-refractivity contribution is -0.385. The van der Waals surface area contributed by atoms with Crippen molar-refractivity contribution in [3.8, 4) is 28.4 Å². The van der Waals surface area contributed by atoms with E-state index in [0.717, 1.165) is 5.56 Å². The van der Waals surface area contributed by atoms with E-state index in [4.69, 9.17) is 4.74 Å². The first-order valence-electron chi connectivity index (χ1n) is 8.20. The number of nitrogens with zero attached hydrogens (tertiary/aromatic N) is 5. The molecule has 2 aromatic heterocycles. The van der Waals surface area contributed by atoms with Gasteiger partial charge < -0.3 is 4.74 Å². The van der Waals surface area contributed by atoms with Crippen LogP contribution in [0.15, 0.2) is 54.6 Å². The summed E-state index contributed by atoms with van der Waals surface area (Å²) < 4.78 is 7.01. The van der Waals surface area contributed by atoms with Crippen LogP contribution in [0.4, 0.5) is 5.69 Å². The first-order chi connectivity index (χ1) is 13.1. The van der Waals surface area contributed by atoms with Gasteiger partial charge in [-0.1, -0.05) is 24.3 Å². The highest BCUT2D eigenvalue weighted by Gasteiger charge is 2.16. The SMILES string of the molecule is COc1ccccc1-c1nnc2ccc(-c3ccc(C)c([N+](=O)[O-])c3)nn12. The lowest BCUT2D eigenvalue weighted by Crippen LogP contribution is -1.99. The van der Waals surface area contributed by atoms with E-state index in [1.54, 1.807) is 36.7 Å². The molecule has 0 saturated carbocycles. The smallest absolute Gasteiger partial charge is 0.272 e. The number of aromatic nitrogens is 4. The van der Waals surface area contributed by atoms with Gasteiger partial charge in [-0.15, -0.1) is 10.2 Å². The van der Waals surface area contributed by atoms with Crippen molar-refractivity contribution in [2.45, 2.75) is 6.92 Å². The number of benzene rings is 2. The fourth-order valence-corrected chi connectivity index (χ4v) is 2.91. The summed E-state index contributed by atoms with van der Waals surface area (Å²) >= 11 is 0. The average molecular weight is 361 g/mol. The zero-order valence-electron chi connectivity index (χ0n) is 14.7. The third kappa shape index (κ3) is 2.86. The molecular formula is C19H15N5O3. The predicted molar refractivity (Wildman–Crippen MR) is 99.6 cm³/mol. The van der Waals surface area contributed by atoms with Crippen LogP contribution in [-0.2, 0) is 0 Å². The van der Waals surface area contributed by atoms with E-state index in [9.17, 15) is 10.1 Å². The fraction of sp³-hybridized carbons (Fsp3) is 0.105. The van der Waals surface area contributed by atoms with Gasteiger partial charge in [-0.3, -0.25) is 10.1 Å². The standard InChI is InChI=1S/C19H15N5O3/c1-12-7-8-13(11-16(12)24(25)26)15-9-10-18-20-21-19(23(18)22-15)14-5-3-4-6-17(14)27-2/h3-11H,1-2H3. The van der Waals surface area contributed by atoms with Crippen molar-refractivity contribution < 1.29 is 9.66 Å². The van der Waals surface area contributed by atoms with Crippen LogP contribution in [-0.4, -0.2) is 31.8 Å². The van der Waals surface area contributed by atoms with Gasteiger partial charge in [0, 0.05) is 17.2 Å². The van der Waals surface area contributed by atoms with E-state index >= 15 is 0 Å². The largest absolute Gasteiger partial charge is 0.496 e. The van der Waals surface area contributed by atoms with Crippen molar-refractivity contribution in [2.24, 2.45) is 0 Å². The molecule has 0 aliphatic carbocycles. The number of hydrogen-bond donors (Lipinski definition) is 0. The highest BCUT2D eigenvalue weighted by atomic mass is 16.6. The van der Waals surface area contributed by atoms with Gasteiger partial charge in [-0.05, 0) is 31.2 Å². The Morgan fingerprint density at radius 3 is 2.67 bits per heavy atom. The monoisotopic (exact) mass is 361 g/mol. The summed E-state index contributed by atoms with van der Waals surface area (Å²) in [6, 6.07) is 16.1. The molecule has 2 heterocycles. The van der Waals surface area contributed by atoms with Gasteiger partial charge in [0.15, 0.2) is 11.5 Å². The third-order valence-electron chi connectivity index (χ3n) is 4.31. The quantitative estimate of drug-likeness (QED) is 0.406. The molecule has 8 nitrogen and oxygen atoms in total. The zero-order chi connectivity index (χ0) is 19.0. The number of ether oxygens (including phenoxy) is 1. The molecule has 2 aromatic carbocycles. The van der Waals surface area contributed by atoms with Gasteiger partial charge in [0.2, 0.25) is 0 Å². The van der Waals surface area contributed by atoms with Crippen molar-refractivity contribution in [3.63, 3.8) is 0 Å². The minimum Gasteiger partial charge on any atom is -0.496 e.